The first kappa shape index (κ1) is 11.3. The fraction of sp³-hybridized carbons (Fsp3) is 0.143. The number of esters is 1. The van der Waals surface area contributed by atoms with E-state index in [1.807, 2.05) is 36.4 Å². The highest BCUT2D eigenvalue weighted by Crippen LogP contribution is 2.17. The van der Waals surface area contributed by atoms with Gasteiger partial charge >= 0.3 is 5.97 Å². The van der Waals surface area contributed by atoms with Crippen molar-refractivity contribution >= 4 is 22.9 Å². The molecule has 1 aromatic heterocycles. The van der Waals surface area contributed by atoms with Crippen LogP contribution in [0.1, 0.15) is 12.0 Å². The quantitative estimate of drug-likeness (QED) is 0.757. The molecule has 0 aliphatic heterocycles. The van der Waals surface area contributed by atoms with Crippen LogP contribution in [0, 0.1) is 0 Å². The first-order valence-electron chi connectivity index (χ1n) is 5.38. The van der Waals surface area contributed by atoms with Crippen molar-refractivity contribution in [2.75, 3.05) is 7.11 Å². The number of hydrogen-bond acceptors (Lipinski definition) is 3. The smallest absolute Gasteiger partial charge is 0.309 e. The maximum Gasteiger partial charge on any atom is 0.309 e. The Morgan fingerprint density at radius 1 is 1.35 bits per heavy atom. The Balaban J connectivity index is 2.27. The molecule has 0 saturated heterocycles. The number of para-hydroxylation sites is 1. The number of benzene rings is 1. The summed E-state index contributed by atoms with van der Waals surface area (Å²) >= 11 is 0. The van der Waals surface area contributed by atoms with Gasteiger partial charge < -0.3 is 4.74 Å². The molecule has 1 aromatic carbocycles. The minimum Gasteiger partial charge on any atom is -0.469 e. The number of fused-ring (bicyclic) bond motifs is 1. The number of carbonyl (C=O) groups excluding carboxylic acids is 1. The van der Waals surface area contributed by atoms with Gasteiger partial charge in [-0.1, -0.05) is 36.4 Å². The molecule has 2 rings (SSSR count). The molecule has 0 saturated carbocycles. The Kier molecular flexibility index (Phi) is 3.50. The van der Waals surface area contributed by atoms with E-state index in [0.29, 0.717) is 0 Å². The van der Waals surface area contributed by atoms with Crippen LogP contribution in [0.3, 0.4) is 0 Å². The molecule has 0 spiro atoms. The molecule has 3 nitrogen and oxygen atoms in total. The summed E-state index contributed by atoms with van der Waals surface area (Å²) < 4.78 is 4.57. The number of hydrogen-bond donors (Lipinski definition) is 0. The molecule has 2 aromatic rings. The van der Waals surface area contributed by atoms with Crippen LogP contribution >= 0.6 is 0 Å². The highest BCUT2D eigenvalue weighted by atomic mass is 16.5. The Hall–Kier alpha value is -2.16. The molecular weight excluding hydrogens is 214 g/mol. The van der Waals surface area contributed by atoms with E-state index in [0.717, 1.165) is 16.5 Å². The molecule has 0 fully saturated rings. The minimum atomic E-state index is -0.241. The number of nitrogens with zero attached hydrogens (tertiary/aromatic N) is 1. The second-order valence-corrected chi connectivity index (χ2v) is 3.60. The molecule has 0 N–H and O–H groups in total. The van der Waals surface area contributed by atoms with E-state index in [1.165, 1.54) is 7.11 Å². The number of carbonyl (C=O) groups is 1. The van der Waals surface area contributed by atoms with Crippen molar-refractivity contribution in [1.82, 2.24) is 4.98 Å². The maximum atomic E-state index is 11.0. The van der Waals surface area contributed by atoms with Crippen LogP contribution in [0.5, 0.6) is 0 Å². The molecule has 0 bridgehead atoms. The lowest BCUT2D eigenvalue weighted by atomic mass is 10.1. The van der Waals surface area contributed by atoms with E-state index in [9.17, 15) is 4.79 Å². The van der Waals surface area contributed by atoms with Crippen molar-refractivity contribution in [2.45, 2.75) is 6.42 Å². The van der Waals surface area contributed by atoms with E-state index in [1.54, 1.807) is 12.3 Å². The molecule has 0 amide bonds. The second kappa shape index (κ2) is 5.25. The Bertz CT molecular complexity index is 556. The summed E-state index contributed by atoms with van der Waals surface area (Å²) in [7, 11) is 1.38. The van der Waals surface area contributed by atoms with Crippen molar-refractivity contribution in [3.8, 4) is 0 Å². The number of rotatable bonds is 3. The molecule has 0 aliphatic rings. The van der Waals surface area contributed by atoms with Crippen LogP contribution in [-0.4, -0.2) is 18.1 Å². The minimum absolute atomic E-state index is 0.241. The van der Waals surface area contributed by atoms with Crippen molar-refractivity contribution in [3.05, 3.63) is 48.2 Å². The highest BCUT2D eigenvalue weighted by molar-refractivity contribution is 5.87. The standard InChI is InChI=1S/C14H13NO2/c1-17-13(16)9-3-7-11-5-2-6-12-8-4-10-15-14(11)12/h2-8,10H,9H2,1H3. The molecule has 17 heavy (non-hydrogen) atoms. The number of ether oxygens (including phenoxy) is 1. The monoisotopic (exact) mass is 227 g/mol. The van der Waals surface area contributed by atoms with Gasteiger partial charge in [-0.15, -0.1) is 0 Å². The summed E-state index contributed by atoms with van der Waals surface area (Å²) in [6.07, 6.45) is 5.72. The summed E-state index contributed by atoms with van der Waals surface area (Å²) in [5, 5.41) is 1.09. The first-order valence-corrected chi connectivity index (χ1v) is 5.38. The Morgan fingerprint density at radius 2 is 2.18 bits per heavy atom. The molecule has 3 heteroatoms. The molecule has 0 atom stereocenters. The maximum absolute atomic E-state index is 11.0. The van der Waals surface area contributed by atoms with Gasteiger partial charge in [0.15, 0.2) is 0 Å². The fourth-order valence-electron chi connectivity index (χ4n) is 1.63. The molecule has 1 heterocycles. The molecule has 0 unspecified atom stereocenters. The van der Waals surface area contributed by atoms with Gasteiger partial charge in [0, 0.05) is 17.1 Å². The zero-order valence-corrected chi connectivity index (χ0v) is 9.59. The average Bonchev–Trinajstić information content (AvgIpc) is 2.39. The van der Waals surface area contributed by atoms with E-state index >= 15 is 0 Å². The van der Waals surface area contributed by atoms with Gasteiger partial charge in [-0.3, -0.25) is 9.78 Å². The van der Waals surface area contributed by atoms with Crippen LogP contribution in [0.4, 0.5) is 0 Å². The molecule has 0 radical (unpaired) electrons. The third-order valence-electron chi connectivity index (χ3n) is 2.47. The first-order chi connectivity index (χ1) is 8.31. The lowest BCUT2D eigenvalue weighted by molar-refractivity contribution is -0.139. The largest absolute Gasteiger partial charge is 0.469 e. The van der Waals surface area contributed by atoms with Gasteiger partial charge in [-0.2, -0.15) is 0 Å². The van der Waals surface area contributed by atoms with Crippen LogP contribution in [-0.2, 0) is 9.53 Å². The predicted octanol–water partition coefficient (Wildman–Crippen LogP) is 2.81. The van der Waals surface area contributed by atoms with Crippen molar-refractivity contribution in [2.24, 2.45) is 0 Å². The normalized spacial score (nSPS) is 10.9. The van der Waals surface area contributed by atoms with E-state index in [4.69, 9.17) is 0 Å². The van der Waals surface area contributed by atoms with Crippen LogP contribution in [0.15, 0.2) is 42.6 Å². The number of pyridine rings is 1. The molecular formula is C14H13NO2. The van der Waals surface area contributed by atoms with Crippen LogP contribution in [0.25, 0.3) is 17.0 Å². The van der Waals surface area contributed by atoms with Gasteiger partial charge in [0.2, 0.25) is 0 Å². The topological polar surface area (TPSA) is 39.2 Å². The third kappa shape index (κ3) is 2.69. The van der Waals surface area contributed by atoms with E-state index in [2.05, 4.69) is 9.72 Å². The highest BCUT2D eigenvalue weighted by Gasteiger charge is 1.98. The van der Waals surface area contributed by atoms with Gasteiger partial charge in [-0.05, 0) is 6.07 Å². The average molecular weight is 227 g/mol. The summed E-state index contributed by atoms with van der Waals surface area (Å²) in [6, 6.07) is 9.88. The molecule has 0 aliphatic carbocycles. The third-order valence-corrected chi connectivity index (χ3v) is 2.47. The van der Waals surface area contributed by atoms with Gasteiger partial charge in [0.25, 0.3) is 0 Å². The predicted molar refractivity (Wildman–Crippen MR) is 67.4 cm³/mol. The molecule has 86 valence electrons. The fourth-order valence-corrected chi connectivity index (χ4v) is 1.63. The van der Waals surface area contributed by atoms with Crippen LogP contribution < -0.4 is 0 Å². The van der Waals surface area contributed by atoms with E-state index < -0.39 is 0 Å². The van der Waals surface area contributed by atoms with E-state index in [-0.39, 0.29) is 12.4 Å². The zero-order valence-electron chi connectivity index (χ0n) is 9.59. The summed E-state index contributed by atoms with van der Waals surface area (Å²) in [5.41, 5.74) is 1.95. The van der Waals surface area contributed by atoms with Crippen molar-refractivity contribution in [1.29, 1.82) is 0 Å². The summed E-state index contributed by atoms with van der Waals surface area (Å²) in [4.78, 5) is 15.3. The number of aromatic nitrogens is 1. The Morgan fingerprint density at radius 3 is 3.00 bits per heavy atom. The van der Waals surface area contributed by atoms with Crippen LogP contribution in [0.2, 0.25) is 0 Å². The Labute approximate surface area is 99.7 Å². The van der Waals surface area contributed by atoms with Gasteiger partial charge in [0.1, 0.15) is 0 Å². The summed E-state index contributed by atoms with van der Waals surface area (Å²) in [6.45, 7) is 0. The SMILES string of the molecule is COC(=O)CC=Cc1cccc2cccnc12. The lowest BCUT2D eigenvalue weighted by Gasteiger charge is -2.00. The summed E-state index contributed by atoms with van der Waals surface area (Å²) in [5.74, 6) is -0.241. The lowest BCUT2D eigenvalue weighted by Crippen LogP contribution is -1.96. The number of methoxy groups -OCH3 is 1. The van der Waals surface area contributed by atoms with Crippen molar-refractivity contribution < 1.29 is 9.53 Å². The van der Waals surface area contributed by atoms with Gasteiger partial charge in [0.05, 0.1) is 19.0 Å². The second-order valence-electron chi connectivity index (χ2n) is 3.60. The van der Waals surface area contributed by atoms with Crippen molar-refractivity contribution in [3.63, 3.8) is 0 Å². The zero-order chi connectivity index (χ0) is 12.1. The van der Waals surface area contributed by atoms with Gasteiger partial charge in [-0.25, -0.2) is 0 Å².